The number of aromatic carboxylic acids is 1. The predicted molar refractivity (Wildman–Crippen MR) is 105 cm³/mol. The van der Waals surface area contributed by atoms with Gasteiger partial charge in [0.2, 0.25) is 5.91 Å². The van der Waals surface area contributed by atoms with Crippen LogP contribution in [-0.4, -0.2) is 26.5 Å². The zero-order chi connectivity index (χ0) is 22.2. The molecule has 0 aliphatic heterocycles. The van der Waals surface area contributed by atoms with E-state index in [2.05, 4.69) is 10.3 Å². The normalized spacial score (nSPS) is 12.7. The number of nitrogens with zero attached hydrogens (tertiary/aromatic N) is 2. The van der Waals surface area contributed by atoms with Gasteiger partial charge in [-0.05, 0) is 37.1 Å². The number of thiophene rings is 1. The quantitative estimate of drug-likeness (QED) is 0.624. The highest BCUT2D eigenvalue weighted by molar-refractivity contribution is 7.20. The summed E-state index contributed by atoms with van der Waals surface area (Å²) >= 11 is 0.858. The number of anilines is 1. The lowest BCUT2D eigenvalue weighted by molar-refractivity contribution is -0.137. The highest BCUT2D eigenvalue weighted by Gasteiger charge is 2.31. The molecule has 2 aromatic heterocycles. The van der Waals surface area contributed by atoms with Crippen molar-refractivity contribution in [2.45, 2.75) is 32.5 Å². The van der Waals surface area contributed by atoms with Crippen LogP contribution in [0.5, 0.6) is 0 Å². The van der Waals surface area contributed by atoms with Gasteiger partial charge in [0.05, 0.1) is 17.3 Å². The van der Waals surface area contributed by atoms with Crippen molar-refractivity contribution in [1.29, 1.82) is 0 Å². The molecule has 0 saturated carbocycles. The fourth-order valence-electron chi connectivity index (χ4n) is 3.07. The Labute approximate surface area is 171 Å². The van der Waals surface area contributed by atoms with E-state index in [1.54, 1.807) is 6.92 Å². The lowest BCUT2D eigenvalue weighted by Crippen LogP contribution is -2.33. The Bertz CT molecular complexity index is 1200. The van der Waals surface area contributed by atoms with Crippen molar-refractivity contribution in [3.05, 3.63) is 57.0 Å². The van der Waals surface area contributed by atoms with Gasteiger partial charge < -0.3 is 10.4 Å². The van der Waals surface area contributed by atoms with Crippen molar-refractivity contribution in [2.24, 2.45) is 0 Å². The molecule has 0 radical (unpaired) electrons. The van der Waals surface area contributed by atoms with Crippen LogP contribution in [-0.2, 0) is 11.0 Å². The van der Waals surface area contributed by atoms with Crippen LogP contribution in [0.15, 0.2) is 35.4 Å². The Morgan fingerprint density at radius 2 is 2.03 bits per heavy atom. The number of carbonyl (C=O) groups excluding carboxylic acids is 1. The number of nitrogens with one attached hydrogen (secondary N) is 1. The van der Waals surface area contributed by atoms with E-state index >= 15 is 0 Å². The van der Waals surface area contributed by atoms with Gasteiger partial charge in [-0.1, -0.05) is 13.0 Å². The van der Waals surface area contributed by atoms with Crippen LogP contribution in [0.25, 0.3) is 10.2 Å². The predicted octanol–water partition coefficient (Wildman–Crippen LogP) is 4.07. The molecule has 1 atom stereocenters. The van der Waals surface area contributed by atoms with Crippen molar-refractivity contribution < 1.29 is 27.9 Å². The third-order valence-electron chi connectivity index (χ3n) is 4.55. The van der Waals surface area contributed by atoms with Crippen molar-refractivity contribution in [3.8, 4) is 0 Å². The third kappa shape index (κ3) is 3.92. The zero-order valence-electron chi connectivity index (χ0n) is 15.8. The van der Waals surface area contributed by atoms with Crippen LogP contribution in [0.4, 0.5) is 18.9 Å². The van der Waals surface area contributed by atoms with Crippen LogP contribution >= 0.6 is 11.3 Å². The van der Waals surface area contributed by atoms with Gasteiger partial charge in [-0.25, -0.2) is 9.78 Å². The number of fused-ring (bicyclic) bond motifs is 1. The molecule has 158 valence electrons. The number of aryl methyl sites for hydroxylation is 1. The third-order valence-corrected chi connectivity index (χ3v) is 5.74. The largest absolute Gasteiger partial charge is 0.477 e. The number of hydrogen-bond acceptors (Lipinski definition) is 5. The van der Waals surface area contributed by atoms with Crippen molar-refractivity contribution >= 4 is 39.1 Å². The van der Waals surface area contributed by atoms with Crippen LogP contribution in [0.3, 0.4) is 0 Å². The molecule has 2 N–H and O–H groups in total. The SMILES string of the molecule is CCC(C(=O)Nc1cccc(C(F)(F)F)c1)n1cnc2sc(C(=O)O)c(C)c2c1=O. The minimum Gasteiger partial charge on any atom is -0.477 e. The van der Waals surface area contributed by atoms with Crippen LogP contribution in [0, 0.1) is 6.92 Å². The Morgan fingerprint density at radius 1 is 1.33 bits per heavy atom. The molecule has 1 aromatic carbocycles. The highest BCUT2D eigenvalue weighted by Crippen LogP contribution is 2.31. The number of aromatic nitrogens is 2. The van der Waals surface area contributed by atoms with E-state index in [0.29, 0.717) is 0 Å². The van der Waals surface area contributed by atoms with Gasteiger partial charge in [0, 0.05) is 5.69 Å². The van der Waals surface area contributed by atoms with E-state index in [1.165, 1.54) is 19.1 Å². The molecule has 7 nitrogen and oxygen atoms in total. The molecule has 0 fully saturated rings. The molecule has 0 saturated heterocycles. The van der Waals surface area contributed by atoms with Gasteiger partial charge in [0.15, 0.2) is 0 Å². The summed E-state index contributed by atoms with van der Waals surface area (Å²) in [7, 11) is 0. The minimum absolute atomic E-state index is 0.0196. The summed E-state index contributed by atoms with van der Waals surface area (Å²) in [5, 5.41) is 11.7. The van der Waals surface area contributed by atoms with Gasteiger partial charge in [-0.2, -0.15) is 13.2 Å². The maximum atomic E-state index is 12.9. The molecule has 1 amide bonds. The van der Waals surface area contributed by atoms with E-state index < -0.39 is 35.2 Å². The first-order valence-corrected chi connectivity index (χ1v) is 9.57. The lowest BCUT2D eigenvalue weighted by Gasteiger charge is -2.18. The molecular weight excluding hydrogens is 423 g/mol. The second-order valence-corrected chi connectivity index (χ2v) is 7.49. The molecule has 11 heteroatoms. The van der Waals surface area contributed by atoms with Crippen molar-refractivity contribution in [3.63, 3.8) is 0 Å². The number of hydrogen-bond donors (Lipinski definition) is 2. The maximum absolute atomic E-state index is 12.9. The van der Waals surface area contributed by atoms with E-state index in [4.69, 9.17) is 0 Å². The summed E-state index contributed by atoms with van der Waals surface area (Å²) in [6.07, 6.45) is -3.26. The van der Waals surface area contributed by atoms with Crippen molar-refractivity contribution in [2.75, 3.05) is 5.32 Å². The summed E-state index contributed by atoms with van der Waals surface area (Å²) in [4.78, 5) is 41.3. The molecule has 2 heterocycles. The Kier molecular flexibility index (Phi) is 5.66. The fourth-order valence-corrected chi connectivity index (χ4v) is 4.05. The number of alkyl halides is 3. The topological polar surface area (TPSA) is 101 Å². The number of halogens is 3. The van der Waals surface area contributed by atoms with Gasteiger partial charge in [-0.3, -0.25) is 14.2 Å². The van der Waals surface area contributed by atoms with Crippen molar-refractivity contribution in [1.82, 2.24) is 9.55 Å². The average molecular weight is 439 g/mol. The maximum Gasteiger partial charge on any atom is 0.416 e. The monoisotopic (exact) mass is 439 g/mol. The summed E-state index contributed by atoms with van der Waals surface area (Å²) in [6.45, 7) is 3.12. The first kappa shape index (κ1) is 21.5. The van der Waals surface area contributed by atoms with Crippen LogP contribution in [0.2, 0.25) is 0 Å². The van der Waals surface area contributed by atoms with E-state index in [-0.39, 0.29) is 32.8 Å². The molecule has 30 heavy (non-hydrogen) atoms. The number of carboxylic acids is 1. The molecule has 0 spiro atoms. The number of rotatable bonds is 5. The molecule has 0 bridgehead atoms. The number of carboxylic acid groups (broad SMARTS) is 1. The van der Waals surface area contributed by atoms with Gasteiger partial charge in [-0.15, -0.1) is 11.3 Å². The Balaban J connectivity index is 1.98. The van der Waals surface area contributed by atoms with Crippen LogP contribution < -0.4 is 10.9 Å². The number of benzene rings is 1. The summed E-state index contributed by atoms with van der Waals surface area (Å²) in [6, 6.07) is 3.12. The average Bonchev–Trinajstić information content (AvgIpc) is 3.01. The number of carbonyl (C=O) groups is 2. The van der Waals surface area contributed by atoms with Gasteiger partial charge in [0.1, 0.15) is 15.7 Å². The zero-order valence-corrected chi connectivity index (χ0v) is 16.6. The number of amides is 1. The molecule has 3 aromatic rings. The first-order chi connectivity index (χ1) is 14.0. The lowest BCUT2D eigenvalue weighted by atomic mass is 10.1. The van der Waals surface area contributed by atoms with Gasteiger partial charge >= 0.3 is 12.1 Å². The highest BCUT2D eigenvalue weighted by atomic mass is 32.1. The minimum atomic E-state index is -4.56. The molecule has 0 aliphatic carbocycles. The fraction of sp³-hybridized carbons (Fsp3) is 0.263. The molecule has 0 aliphatic rings. The second-order valence-electron chi connectivity index (χ2n) is 6.49. The molecule has 3 rings (SSSR count). The molecule has 1 unspecified atom stereocenters. The Morgan fingerprint density at radius 3 is 2.63 bits per heavy atom. The summed E-state index contributed by atoms with van der Waals surface area (Å²) in [5.74, 6) is -1.87. The smallest absolute Gasteiger partial charge is 0.416 e. The Hall–Kier alpha value is -3.21. The summed E-state index contributed by atoms with van der Waals surface area (Å²) < 4.78 is 39.7. The van der Waals surface area contributed by atoms with Gasteiger partial charge in [0.25, 0.3) is 5.56 Å². The van der Waals surface area contributed by atoms with E-state index in [9.17, 15) is 32.7 Å². The second kappa shape index (κ2) is 7.90. The van der Waals surface area contributed by atoms with Crippen LogP contribution in [0.1, 0.15) is 40.2 Å². The molecular formula is C19H16F3N3O4S. The van der Waals surface area contributed by atoms with E-state index in [0.717, 1.165) is 34.4 Å². The first-order valence-electron chi connectivity index (χ1n) is 8.76. The van der Waals surface area contributed by atoms with E-state index in [1.807, 2.05) is 0 Å². The standard InChI is InChI=1S/C19H16F3N3O4S/c1-3-12(15(26)24-11-6-4-5-10(7-11)19(20,21)22)25-8-23-16-13(17(25)27)9(2)14(30-16)18(28)29/h4-8,12H,3H2,1-2H3,(H,24,26)(H,28,29). The summed E-state index contributed by atoms with van der Waals surface area (Å²) in [5.41, 5.74) is -1.31.